The fourth-order valence-electron chi connectivity index (χ4n) is 0.907. The van der Waals surface area contributed by atoms with Crippen molar-refractivity contribution in [3.63, 3.8) is 0 Å². The maximum atomic E-state index is 10.6. The number of methoxy groups -OCH3 is 1. The Balaban J connectivity index is 2.81. The third kappa shape index (κ3) is 1.68. The van der Waals surface area contributed by atoms with Gasteiger partial charge in [0, 0.05) is 7.11 Å². The number of nitrogens with zero attached hydrogens (tertiary/aromatic N) is 1. The topological polar surface area (TPSA) is 70.8 Å². The minimum absolute atomic E-state index is 0.117. The molecule has 1 aromatic rings. The molecule has 62 valence electrons. The van der Waals surface area contributed by atoms with Crippen LogP contribution in [0.1, 0.15) is 25.3 Å². The van der Waals surface area contributed by atoms with Crippen LogP contribution in [0.25, 0.3) is 0 Å². The molecule has 0 saturated heterocycles. The zero-order valence-electron chi connectivity index (χ0n) is 6.55. The molecule has 0 aromatic carbocycles. The predicted octanol–water partition coefficient (Wildman–Crippen LogP) is 0.196. The Labute approximate surface area is 63.8 Å². The van der Waals surface area contributed by atoms with Gasteiger partial charge in [-0.15, -0.1) is 0 Å². The second-order valence-corrected chi connectivity index (χ2v) is 2.20. The molecule has 1 unspecified atom stereocenters. The zero-order valence-corrected chi connectivity index (χ0v) is 6.55. The van der Waals surface area contributed by atoms with Crippen molar-refractivity contribution in [1.29, 1.82) is 0 Å². The van der Waals surface area contributed by atoms with Crippen molar-refractivity contribution in [2.75, 3.05) is 7.11 Å². The lowest BCUT2D eigenvalue weighted by atomic mass is 10.3. The van der Waals surface area contributed by atoms with E-state index in [2.05, 4.69) is 15.2 Å². The smallest absolute Gasteiger partial charge is 0.340 e. The summed E-state index contributed by atoms with van der Waals surface area (Å²) in [5.41, 5.74) is -0.296. The third-order valence-corrected chi connectivity index (χ3v) is 1.48. The number of H-pyrrole nitrogens is 2. The largest absolute Gasteiger partial charge is 0.373 e. The zero-order chi connectivity index (χ0) is 8.27. The summed E-state index contributed by atoms with van der Waals surface area (Å²) in [5, 5.41) is 6.02. The van der Waals surface area contributed by atoms with Crippen molar-refractivity contribution in [1.82, 2.24) is 15.2 Å². The van der Waals surface area contributed by atoms with Crippen LogP contribution in [-0.4, -0.2) is 22.3 Å². The number of hydrogen-bond donors (Lipinski definition) is 2. The molecule has 0 aliphatic rings. The second kappa shape index (κ2) is 3.34. The minimum atomic E-state index is -0.296. The Morgan fingerprint density at radius 2 is 2.45 bits per heavy atom. The van der Waals surface area contributed by atoms with Gasteiger partial charge in [0.2, 0.25) is 0 Å². The number of aromatic amines is 2. The van der Waals surface area contributed by atoms with E-state index in [0.717, 1.165) is 6.42 Å². The summed E-state index contributed by atoms with van der Waals surface area (Å²) in [6, 6.07) is 0. The second-order valence-electron chi connectivity index (χ2n) is 2.20. The van der Waals surface area contributed by atoms with E-state index in [-0.39, 0.29) is 11.8 Å². The molecule has 0 aliphatic heterocycles. The van der Waals surface area contributed by atoms with Crippen molar-refractivity contribution in [2.24, 2.45) is 0 Å². The van der Waals surface area contributed by atoms with E-state index < -0.39 is 0 Å². The highest BCUT2D eigenvalue weighted by Gasteiger charge is 2.10. The normalized spacial score (nSPS) is 13.3. The van der Waals surface area contributed by atoms with Gasteiger partial charge < -0.3 is 4.74 Å². The van der Waals surface area contributed by atoms with Gasteiger partial charge in [-0.05, 0) is 6.42 Å². The molecule has 1 aromatic heterocycles. The highest BCUT2D eigenvalue weighted by molar-refractivity contribution is 4.86. The average Bonchev–Trinajstić information content (AvgIpc) is 2.39. The molecule has 1 atom stereocenters. The van der Waals surface area contributed by atoms with Crippen molar-refractivity contribution < 1.29 is 4.74 Å². The van der Waals surface area contributed by atoms with Gasteiger partial charge in [-0.25, -0.2) is 9.89 Å². The van der Waals surface area contributed by atoms with Crippen LogP contribution in [0.4, 0.5) is 0 Å². The highest BCUT2D eigenvalue weighted by Crippen LogP contribution is 2.12. The van der Waals surface area contributed by atoms with E-state index in [9.17, 15) is 4.79 Å². The lowest BCUT2D eigenvalue weighted by Gasteiger charge is -2.07. The van der Waals surface area contributed by atoms with Crippen LogP contribution in [0.5, 0.6) is 0 Å². The maximum absolute atomic E-state index is 10.6. The third-order valence-electron chi connectivity index (χ3n) is 1.48. The van der Waals surface area contributed by atoms with E-state index in [0.29, 0.717) is 5.82 Å². The lowest BCUT2D eigenvalue weighted by molar-refractivity contribution is 0.0928. The van der Waals surface area contributed by atoms with E-state index in [1.165, 1.54) is 0 Å². The molecule has 0 spiro atoms. The summed E-state index contributed by atoms with van der Waals surface area (Å²) in [4.78, 5) is 13.1. The van der Waals surface area contributed by atoms with Gasteiger partial charge in [0.05, 0.1) is 0 Å². The van der Waals surface area contributed by atoms with Gasteiger partial charge in [-0.3, -0.25) is 4.98 Å². The molecule has 0 saturated carbocycles. The molecule has 0 bridgehead atoms. The number of aromatic nitrogens is 3. The molecule has 0 amide bonds. The summed E-state index contributed by atoms with van der Waals surface area (Å²) < 4.78 is 5.05. The molecule has 0 radical (unpaired) electrons. The first-order valence-corrected chi connectivity index (χ1v) is 3.45. The Bertz CT molecular complexity index is 261. The quantitative estimate of drug-likeness (QED) is 0.658. The van der Waals surface area contributed by atoms with E-state index in [1.807, 2.05) is 6.92 Å². The van der Waals surface area contributed by atoms with Crippen LogP contribution >= 0.6 is 0 Å². The molecule has 1 heterocycles. The molecule has 2 N–H and O–H groups in total. The minimum Gasteiger partial charge on any atom is -0.373 e. The summed E-state index contributed by atoms with van der Waals surface area (Å²) in [5.74, 6) is 0.556. The van der Waals surface area contributed by atoms with Crippen LogP contribution < -0.4 is 5.69 Å². The van der Waals surface area contributed by atoms with Gasteiger partial charge in [0.15, 0.2) is 5.82 Å². The van der Waals surface area contributed by atoms with Gasteiger partial charge >= 0.3 is 5.69 Å². The summed E-state index contributed by atoms with van der Waals surface area (Å²) >= 11 is 0. The summed E-state index contributed by atoms with van der Waals surface area (Å²) in [7, 11) is 1.58. The first kappa shape index (κ1) is 8.00. The number of hydrogen-bond acceptors (Lipinski definition) is 3. The Morgan fingerprint density at radius 3 is 2.82 bits per heavy atom. The monoisotopic (exact) mass is 157 g/mol. The lowest BCUT2D eigenvalue weighted by Crippen LogP contribution is -2.05. The van der Waals surface area contributed by atoms with Crippen molar-refractivity contribution in [3.05, 3.63) is 16.3 Å². The first-order valence-electron chi connectivity index (χ1n) is 3.45. The van der Waals surface area contributed by atoms with Crippen LogP contribution in [0, 0.1) is 0 Å². The summed E-state index contributed by atoms with van der Waals surface area (Å²) in [6.07, 6.45) is 0.672. The van der Waals surface area contributed by atoms with Crippen molar-refractivity contribution in [3.8, 4) is 0 Å². The fraction of sp³-hybridized carbons (Fsp3) is 0.667. The van der Waals surface area contributed by atoms with E-state index in [1.54, 1.807) is 7.11 Å². The van der Waals surface area contributed by atoms with Gasteiger partial charge in [0.25, 0.3) is 0 Å². The average molecular weight is 157 g/mol. The standard InChI is InChI=1S/C6H11N3O2/c1-3-4(11-2)5-7-6(10)9-8-5/h4H,3H2,1-2H3,(H2,7,8,9,10). The highest BCUT2D eigenvalue weighted by atomic mass is 16.5. The van der Waals surface area contributed by atoms with Crippen LogP contribution in [0.2, 0.25) is 0 Å². The van der Waals surface area contributed by atoms with E-state index >= 15 is 0 Å². The Morgan fingerprint density at radius 1 is 1.73 bits per heavy atom. The SMILES string of the molecule is CCC(OC)c1n[nH]c(=O)[nH]1. The van der Waals surface area contributed by atoms with Crippen LogP contribution in [0.3, 0.4) is 0 Å². The molecule has 5 nitrogen and oxygen atoms in total. The molecule has 1 rings (SSSR count). The molecular weight excluding hydrogens is 146 g/mol. The number of nitrogens with one attached hydrogen (secondary N) is 2. The van der Waals surface area contributed by atoms with Gasteiger partial charge in [-0.1, -0.05) is 6.92 Å². The Hall–Kier alpha value is -1.10. The molecular formula is C6H11N3O2. The molecule has 0 aliphatic carbocycles. The Kier molecular flexibility index (Phi) is 2.43. The van der Waals surface area contributed by atoms with Crippen molar-refractivity contribution >= 4 is 0 Å². The fourth-order valence-corrected chi connectivity index (χ4v) is 0.907. The van der Waals surface area contributed by atoms with Crippen molar-refractivity contribution in [2.45, 2.75) is 19.4 Å². The number of ether oxygens (including phenoxy) is 1. The molecule has 11 heavy (non-hydrogen) atoms. The summed E-state index contributed by atoms with van der Waals surface area (Å²) in [6.45, 7) is 1.96. The van der Waals surface area contributed by atoms with Crippen LogP contribution in [-0.2, 0) is 4.74 Å². The van der Waals surface area contributed by atoms with Gasteiger partial charge in [-0.2, -0.15) is 5.10 Å². The van der Waals surface area contributed by atoms with Gasteiger partial charge in [0.1, 0.15) is 6.10 Å². The molecule has 0 fully saturated rings. The molecule has 5 heteroatoms. The van der Waals surface area contributed by atoms with E-state index in [4.69, 9.17) is 4.74 Å². The van der Waals surface area contributed by atoms with Crippen LogP contribution in [0.15, 0.2) is 4.79 Å². The number of rotatable bonds is 3. The first-order chi connectivity index (χ1) is 5.27. The predicted molar refractivity (Wildman–Crippen MR) is 39.2 cm³/mol. The maximum Gasteiger partial charge on any atom is 0.340 e.